The summed E-state index contributed by atoms with van der Waals surface area (Å²) < 4.78 is 66.9. The van der Waals surface area contributed by atoms with Gasteiger partial charge in [0, 0.05) is 22.4 Å². The lowest BCUT2D eigenvalue weighted by Gasteiger charge is -2.27. The molecular formula is C23H16F4O2. The maximum absolute atomic E-state index is 14.5. The van der Waals surface area contributed by atoms with Crippen molar-refractivity contribution < 1.29 is 27.0 Å². The Morgan fingerprint density at radius 3 is 2.21 bits per heavy atom. The molecule has 3 aromatic rings. The molecule has 0 unspecified atom stereocenters. The second kappa shape index (κ2) is 7.86. The zero-order valence-corrected chi connectivity index (χ0v) is 15.4. The highest BCUT2D eigenvalue weighted by Gasteiger charge is 2.23. The summed E-state index contributed by atoms with van der Waals surface area (Å²) in [6.07, 6.45) is -0.812. The Balaban J connectivity index is 1.63. The van der Waals surface area contributed by atoms with Gasteiger partial charge in [-0.25, -0.2) is 17.6 Å². The normalized spacial score (nSPS) is 19.1. The third-order valence-electron chi connectivity index (χ3n) is 4.64. The minimum absolute atomic E-state index is 0.110. The lowest BCUT2D eigenvalue weighted by Crippen LogP contribution is -2.25. The van der Waals surface area contributed by atoms with Gasteiger partial charge < -0.3 is 9.47 Å². The van der Waals surface area contributed by atoms with Gasteiger partial charge in [0.25, 0.3) is 0 Å². The summed E-state index contributed by atoms with van der Waals surface area (Å²) in [5, 5.41) is 0.548. The molecule has 0 amide bonds. The Hall–Kier alpha value is -2.88. The van der Waals surface area contributed by atoms with E-state index < -0.39 is 29.6 Å². The van der Waals surface area contributed by atoms with Gasteiger partial charge in [0.05, 0.1) is 18.8 Å². The van der Waals surface area contributed by atoms with E-state index in [4.69, 9.17) is 9.47 Å². The van der Waals surface area contributed by atoms with Crippen molar-refractivity contribution in [2.24, 2.45) is 5.92 Å². The monoisotopic (exact) mass is 400 g/mol. The Bertz CT molecular complexity index is 1120. The molecule has 0 N–H and O–H groups in total. The lowest BCUT2D eigenvalue weighted by molar-refractivity contribution is -0.202. The van der Waals surface area contributed by atoms with E-state index >= 15 is 0 Å². The average Bonchev–Trinajstić information content (AvgIpc) is 2.70. The van der Waals surface area contributed by atoms with Crippen LogP contribution in [0.4, 0.5) is 17.6 Å². The molecule has 1 aliphatic rings. The number of hydrogen-bond acceptors (Lipinski definition) is 2. The molecule has 148 valence electrons. The summed E-state index contributed by atoms with van der Waals surface area (Å²) in [5.74, 6) is 1.82. The summed E-state index contributed by atoms with van der Waals surface area (Å²) in [6.45, 7) is 2.84. The fourth-order valence-electron chi connectivity index (χ4n) is 3.12. The standard InChI is InChI=1S/C23H16F4O2/c1-13-11-28-23(29-12-13)16-9-20(25)18(21(26)10-16)6-3-14-2-5-17-15(8-14)4-7-19(24)22(17)27/h2,4-5,7-10,13,23H,11-12H2,1H3. The molecule has 1 aliphatic heterocycles. The maximum Gasteiger partial charge on any atom is 0.184 e. The van der Waals surface area contributed by atoms with Gasteiger partial charge in [-0.15, -0.1) is 0 Å². The molecule has 0 aromatic heterocycles. The quantitative estimate of drug-likeness (QED) is 0.398. The van der Waals surface area contributed by atoms with Crippen molar-refractivity contribution >= 4 is 10.8 Å². The van der Waals surface area contributed by atoms with Crippen LogP contribution in [-0.4, -0.2) is 13.2 Å². The highest BCUT2D eigenvalue weighted by atomic mass is 19.2. The van der Waals surface area contributed by atoms with Crippen molar-refractivity contribution in [3.8, 4) is 11.8 Å². The number of halogens is 4. The molecule has 0 atom stereocenters. The van der Waals surface area contributed by atoms with Gasteiger partial charge in [0.1, 0.15) is 11.6 Å². The van der Waals surface area contributed by atoms with Crippen molar-refractivity contribution in [1.29, 1.82) is 0 Å². The van der Waals surface area contributed by atoms with E-state index in [1.165, 1.54) is 24.3 Å². The van der Waals surface area contributed by atoms with Crippen LogP contribution in [0.3, 0.4) is 0 Å². The first kappa shape index (κ1) is 19.4. The first-order chi connectivity index (χ1) is 13.9. The van der Waals surface area contributed by atoms with E-state index in [1.807, 2.05) is 6.92 Å². The molecule has 1 heterocycles. The Labute approximate surface area is 165 Å². The molecule has 0 aliphatic carbocycles. The molecule has 6 heteroatoms. The minimum Gasteiger partial charge on any atom is -0.348 e. The third-order valence-corrected chi connectivity index (χ3v) is 4.64. The van der Waals surface area contributed by atoms with Crippen molar-refractivity contribution in [3.05, 3.63) is 82.4 Å². The van der Waals surface area contributed by atoms with E-state index in [9.17, 15) is 17.6 Å². The summed E-state index contributed by atoms with van der Waals surface area (Å²) in [7, 11) is 0. The van der Waals surface area contributed by atoms with E-state index in [1.54, 1.807) is 0 Å². The molecule has 0 spiro atoms. The largest absolute Gasteiger partial charge is 0.348 e. The first-order valence-electron chi connectivity index (χ1n) is 9.04. The van der Waals surface area contributed by atoms with Gasteiger partial charge in [-0.2, -0.15) is 0 Å². The van der Waals surface area contributed by atoms with Crippen LogP contribution < -0.4 is 0 Å². The molecule has 0 bridgehead atoms. The third kappa shape index (κ3) is 3.98. The SMILES string of the molecule is CC1COC(c2cc(F)c(C#Cc3ccc4c(F)c(F)ccc4c3)c(F)c2)OC1. The zero-order valence-electron chi connectivity index (χ0n) is 15.4. The van der Waals surface area contributed by atoms with Crippen LogP contribution in [0.2, 0.25) is 0 Å². The Morgan fingerprint density at radius 1 is 0.828 bits per heavy atom. The topological polar surface area (TPSA) is 18.5 Å². The van der Waals surface area contributed by atoms with Crippen molar-refractivity contribution in [1.82, 2.24) is 0 Å². The van der Waals surface area contributed by atoms with E-state index in [0.29, 0.717) is 24.2 Å². The van der Waals surface area contributed by atoms with Crippen LogP contribution in [0, 0.1) is 41.0 Å². The first-order valence-corrected chi connectivity index (χ1v) is 9.04. The molecular weight excluding hydrogens is 384 g/mol. The van der Waals surface area contributed by atoms with Gasteiger partial charge in [0.15, 0.2) is 17.9 Å². The van der Waals surface area contributed by atoms with Crippen LogP contribution in [0.5, 0.6) is 0 Å². The summed E-state index contributed by atoms with van der Waals surface area (Å²) >= 11 is 0. The zero-order chi connectivity index (χ0) is 20.5. The lowest BCUT2D eigenvalue weighted by atomic mass is 10.1. The number of ether oxygens (including phenoxy) is 2. The minimum atomic E-state index is -0.948. The van der Waals surface area contributed by atoms with Crippen molar-refractivity contribution in [3.63, 3.8) is 0 Å². The molecule has 29 heavy (non-hydrogen) atoms. The average molecular weight is 400 g/mol. The van der Waals surface area contributed by atoms with Gasteiger partial charge >= 0.3 is 0 Å². The Morgan fingerprint density at radius 2 is 1.52 bits per heavy atom. The second-order valence-corrected chi connectivity index (χ2v) is 7.01. The van der Waals surface area contributed by atoms with E-state index in [0.717, 1.165) is 18.2 Å². The fourth-order valence-corrected chi connectivity index (χ4v) is 3.12. The number of fused-ring (bicyclic) bond motifs is 1. The molecule has 0 radical (unpaired) electrons. The summed E-state index contributed by atoms with van der Waals surface area (Å²) in [6, 6.07) is 9.10. The molecule has 1 fully saturated rings. The maximum atomic E-state index is 14.5. The fraction of sp³-hybridized carbons (Fsp3) is 0.217. The molecule has 1 saturated heterocycles. The predicted molar refractivity (Wildman–Crippen MR) is 100 cm³/mol. The van der Waals surface area contributed by atoms with Crippen LogP contribution in [0.1, 0.15) is 29.9 Å². The molecule has 0 saturated carbocycles. The van der Waals surface area contributed by atoms with Crippen LogP contribution >= 0.6 is 0 Å². The second-order valence-electron chi connectivity index (χ2n) is 7.01. The Kier molecular flexibility index (Phi) is 5.27. The summed E-state index contributed by atoms with van der Waals surface area (Å²) in [5.41, 5.74) is 0.281. The smallest absolute Gasteiger partial charge is 0.184 e. The van der Waals surface area contributed by atoms with E-state index in [2.05, 4.69) is 11.8 Å². The molecule has 2 nitrogen and oxygen atoms in total. The van der Waals surface area contributed by atoms with Gasteiger partial charge in [-0.3, -0.25) is 0 Å². The van der Waals surface area contributed by atoms with Crippen LogP contribution in [-0.2, 0) is 9.47 Å². The number of rotatable bonds is 1. The summed E-state index contributed by atoms with van der Waals surface area (Å²) in [4.78, 5) is 0. The van der Waals surface area contributed by atoms with Crippen LogP contribution in [0.15, 0.2) is 42.5 Å². The van der Waals surface area contributed by atoms with Crippen molar-refractivity contribution in [2.75, 3.05) is 13.2 Å². The highest BCUT2D eigenvalue weighted by molar-refractivity contribution is 5.84. The van der Waals surface area contributed by atoms with Gasteiger partial charge in [0.2, 0.25) is 0 Å². The van der Waals surface area contributed by atoms with E-state index in [-0.39, 0.29) is 22.4 Å². The van der Waals surface area contributed by atoms with Gasteiger partial charge in [-0.1, -0.05) is 30.9 Å². The van der Waals surface area contributed by atoms with Crippen molar-refractivity contribution in [2.45, 2.75) is 13.2 Å². The molecule has 3 aromatic carbocycles. The van der Waals surface area contributed by atoms with Crippen LogP contribution in [0.25, 0.3) is 10.8 Å². The number of benzene rings is 3. The highest BCUT2D eigenvalue weighted by Crippen LogP contribution is 2.27. The number of hydrogen-bond donors (Lipinski definition) is 0. The molecule has 4 rings (SSSR count). The predicted octanol–water partition coefficient (Wildman–Crippen LogP) is 5.48. The van der Waals surface area contributed by atoms with Gasteiger partial charge in [-0.05, 0) is 35.7 Å².